The van der Waals surface area contributed by atoms with Crippen LogP contribution in [0.4, 0.5) is 18.9 Å². The molecule has 3 heterocycles. The molecular weight excluding hydrogens is 449 g/mol. The molecule has 1 amide bonds. The van der Waals surface area contributed by atoms with E-state index < -0.39 is 22.7 Å². The fourth-order valence-corrected chi connectivity index (χ4v) is 5.27. The molecule has 2 saturated heterocycles. The third-order valence-corrected chi connectivity index (χ3v) is 7.36. The Labute approximate surface area is 195 Å². The van der Waals surface area contributed by atoms with E-state index in [0.717, 1.165) is 17.3 Å². The molecule has 2 atom stereocenters. The molecule has 2 aliphatic rings. The van der Waals surface area contributed by atoms with E-state index in [2.05, 4.69) is 5.16 Å². The van der Waals surface area contributed by atoms with Gasteiger partial charge in [-0.25, -0.2) is 0 Å². The second kappa shape index (κ2) is 8.95. The van der Waals surface area contributed by atoms with Crippen LogP contribution in [-0.2, 0) is 17.4 Å². The van der Waals surface area contributed by atoms with Crippen LogP contribution >= 0.6 is 0 Å². The summed E-state index contributed by atoms with van der Waals surface area (Å²) in [4.78, 5) is 16.5. The van der Waals surface area contributed by atoms with Crippen molar-refractivity contribution in [3.05, 3.63) is 46.3 Å². The third kappa shape index (κ3) is 4.37. The Morgan fingerprint density at radius 3 is 2.74 bits per heavy atom. The lowest BCUT2D eigenvalue weighted by Gasteiger charge is -2.42. The first-order valence-electron chi connectivity index (χ1n) is 11.2. The molecule has 1 aromatic carbocycles. The first kappa shape index (κ1) is 24.1. The molecule has 2 aliphatic heterocycles. The number of aliphatic hydroxyl groups excluding tert-OH is 1. The van der Waals surface area contributed by atoms with Gasteiger partial charge in [0, 0.05) is 55.2 Å². The smallest absolute Gasteiger partial charge is 0.396 e. The summed E-state index contributed by atoms with van der Waals surface area (Å²) >= 11 is 0. The fraction of sp³-hybridized carbons (Fsp3) is 0.542. The number of anilines is 1. The Balaban J connectivity index is 1.48. The quantitative estimate of drug-likeness (QED) is 0.711. The van der Waals surface area contributed by atoms with Gasteiger partial charge in [-0.3, -0.25) is 4.79 Å². The zero-order chi connectivity index (χ0) is 24.7. The van der Waals surface area contributed by atoms with Crippen LogP contribution in [-0.4, -0.2) is 53.9 Å². The van der Waals surface area contributed by atoms with Crippen LogP contribution in [0.25, 0.3) is 0 Å². The number of amides is 1. The zero-order valence-corrected chi connectivity index (χ0v) is 19.2. The summed E-state index contributed by atoms with van der Waals surface area (Å²) in [5.74, 6) is 0.636. The Bertz CT molecular complexity index is 1100. The summed E-state index contributed by atoms with van der Waals surface area (Å²) in [6.45, 7) is 5.32. The van der Waals surface area contributed by atoms with Gasteiger partial charge in [-0.05, 0) is 44.9 Å². The molecule has 7 nitrogen and oxygen atoms in total. The van der Waals surface area contributed by atoms with Crippen LogP contribution in [0.5, 0.6) is 0 Å². The minimum atomic E-state index is -4.63. The summed E-state index contributed by atoms with van der Waals surface area (Å²) < 4.78 is 45.5. The number of carbonyl (C=O) groups is 1. The molecule has 34 heavy (non-hydrogen) atoms. The van der Waals surface area contributed by atoms with E-state index in [1.807, 2.05) is 18.7 Å². The van der Waals surface area contributed by atoms with E-state index in [1.165, 1.54) is 12.1 Å². The van der Waals surface area contributed by atoms with Crippen LogP contribution < -0.4 is 4.90 Å². The number of hydrogen-bond acceptors (Lipinski definition) is 6. The van der Waals surface area contributed by atoms with Crippen molar-refractivity contribution in [1.82, 2.24) is 10.1 Å². The highest BCUT2D eigenvalue weighted by atomic mass is 19.4. The average molecular weight is 476 g/mol. The van der Waals surface area contributed by atoms with Crippen LogP contribution in [0, 0.1) is 36.5 Å². The number of aliphatic hydroxyl groups is 1. The standard InChI is InChI=1S/C24H27F3N4O3/c1-15-20(16(2)34-29-15)5-6-22(33)30-8-7-23(14-32)13-31(12-18(23)11-30)19-4-3-17(10-28)21(9-19)24(25,26)27/h3-4,9,18,32H,5-8,11-14H2,1-2H3. The molecule has 0 aliphatic carbocycles. The number of nitriles is 1. The number of halogens is 3. The predicted molar refractivity (Wildman–Crippen MR) is 117 cm³/mol. The van der Waals surface area contributed by atoms with E-state index in [4.69, 9.17) is 9.78 Å². The highest BCUT2D eigenvalue weighted by Gasteiger charge is 2.50. The van der Waals surface area contributed by atoms with Crippen molar-refractivity contribution in [1.29, 1.82) is 5.26 Å². The molecule has 0 bridgehead atoms. The number of nitrogens with zero attached hydrogens (tertiary/aromatic N) is 4. The first-order valence-corrected chi connectivity index (χ1v) is 11.2. The topological polar surface area (TPSA) is 93.6 Å². The fourth-order valence-electron chi connectivity index (χ4n) is 5.27. The van der Waals surface area contributed by atoms with Gasteiger partial charge in [0.25, 0.3) is 0 Å². The average Bonchev–Trinajstić information content (AvgIpc) is 3.35. The van der Waals surface area contributed by atoms with E-state index in [-0.39, 0.29) is 18.4 Å². The molecule has 2 aromatic rings. The number of benzene rings is 1. The Hall–Kier alpha value is -3.06. The SMILES string of the molecule is Cc1noc(C)c1CCC(=O)N1CCC2(CO)CN(c3ccc(C#N)c(C(F)(F)F)c3)CC2C1. The van der Waals surface area contributed by atoms with Gasteiger partial charge in [0.1, 0.15) is 5.76 Å². The number of hydrogen-bond donors (Lipinski definition) is 1. The molecule has 1 aromatic heterocycles. The third-order valence-electron chi connectivity index (χ3n) is 7.36. The summed E-state index contributed by atoms with van der Waals surface area (Å²) in [6.07, 6.45) is -3.21. The molecule has 0 saturated carbocycles. The Kier molecular flexibility index (Phi) is 6.34. The minimum absolute atomic E-state index is 0.00252. The van der Waals surface area contributed by atoms with Gasteiger partial charge in [-0.15, -0.1) is 0 Å². The Morgan fingerprint density at radius 1 is 1.35 bits per heavy atom. The van der Waals surface area contributed by atoms with Crippen LogP contribution in [0.1, 0.15) is 41.0 Å². The molecule has 1 N–H and O–H groups in total. The maximum atomic E-state index is 13.4. The van der Waals surface area contributed by atoms with Crippen LogP contribution in [0.3, 0.4) is 0 Å². The van der Waals surface area contributed by atoms with Crippen molar-refractivity contribution in [2.24, 2.45) is 11.3 Å². The maximum Gasteiger partial charge on any atom is 0.417 e. The minimum Gasteiger partial charge on any atom is -0.396 e. The summed E-state index contributed by atoms with van der Waals surface area (Å²) in [5, 5.41) is 23.2. The van der Waals surface area contributed by atoms with Crippen molar-refractivity contribution in [3.63, 3.8) is 0 Å². The number of carbonyl (C=O) groups excluding carboxylic acids is 1. The van der Waals surface area contributed by atoms with Crippen LogP contribution in [0.15, 0.2) is 22.7 Å². The van der Waals surface area contributed by atoms with Crippen molar-refractivity contribution < 1.29 is 27.6 Å². The number of fused-ring (bicyclic) bond motifs is 1. The molecular formula is C24H27F3N4O3. The molecule has 2 unspecified atom stereocenters. The van der Waals surface area contributed by atoms with Crippen LogP contribution in [0.2, 0.25) is 0 Å². The molecule has 182 valence electrons. The molecule has 0 radical (unpaired) electrons. The highest BCUT2D eigenvalue weighted by Crippen LogP contribution is 2.45. The van der Waals surface area contributed by atoms with Gasteiger partial charge in [-0.1, -0.05) is 5.16 Å². The normalized spacial score (nSPS) is 22.6. The van der Waals surface area contributed by atoms with Gasteiger partial charge in [-0.2, -0.15) is 18.4 Å². The van der Waals surface area contributed by atoms with Crippen molar-refractivity contribution in [2.75, 3.05) is 37.7 Å². The number of aromatic nitrogens is 1. The lowest BCUT2D eigenvalue weighted by Crippen LogP contribution is -2.50. The van der Waals surface area contributed by atoms with E-state index in [9.17, 15) is 23.1 Å². The number of likely N-dealkylation sites (tertiary alicyclic amines) is 1. The number of piperidine rings is 1. The molecule has 4 rings (SSSR count). The van der Waals surface area contributed by atoms with Gasteiger partial charge >= 0.3 is 6.18 Å². The lowest BCUT2D eigenvalue weighted by molar-refractivity contribution is -0.138. The van der Waals surface area contributed by atoms with Gasteiger partial charge < -0.3 is 19.4 Å². The second-order valence-corrected chi connectivity index (χ2v) is 9.33. The van der Waals surface area contributed by atoms with E-state index in [1.54, 1.807) is 11.0 Å². The first-order chi connectivity index (χ1) is 16.1. The Morgan fingerprint density at radius 2 is 2.12 bits per heavy atom. The monoisotopic (exact) mass is 476 g/mol. The van der Waals surface area contributed by atoms with Crippen molar-refractivity contribution >= 4 is 11.6 Å². The zero-order valence-electron chi connectivity index (χ0n) is 19.2. The predicted octanol–water partition coefficient (Wildman–Crippen LogP) is 3.46. The van der Waals surface area contributed by atoms with Gasteiger partial charge in [0.05, 0.1) is 29.5 Å². The van der Waals surface area contributed by atoms with Gasteiger partial charge in [0.2, 0.25) is 5.91 Å². The largest absolute Gasteiger partial charge is 0.417 e. The summed E-state index contributed by atoms with van der Waals surface area (Å²) in [7, 11) is 0. The van der Waals surface area contributed by atoms with Gasteiger partial charge in [0.15, 0.2) is 0 Å². The number of aryl methyl sites for hydroxylation is 2. The second-order valence-electron chi connectivity index (χ2n) is 9.33. The number of alkyl halides is 3. The van der Waals surface area contributed by atoms with Crippen molar-refractivity contribution in [2.45, 2.75) is 39.3 Å². The van der Waals surface area contributed by atoms with E-state index in [0.29, 0.717) is 56.9 Å². The van der Waals surface area contributed by atoms with Crippen molar-refractivity contribution in [3.8, 4) is 6.07 Å². The summed E-state index contributed by atoms with van der Waals surface area (Å²) in [5.41, 5.74) is 0.213. The summed E-state index contributed by atoms with van der Waals surface area (Å²) in [6, 6.07) is 5.32. The molecule has 0 spiro atoms. The van der Waals surface area contributed by atoms with E-state index >= 15 is 0 Å². The lowest BCUT2D eigenvalue weighted by atomic mass is 9.73. The number of rotatable bonds is 5. The maximum absolute atomic E-state index is 13.4. The molecule has 10 heteroatoms. The molecule has 2 fully saturated rings. The highest BCUT2D eigenvalue weighted by molar-refractivity contribution is 5.76.